The molecule has 0 saturated carbocycles. The first-order chi connectivity index (χ1) is 21.7. The first kappa shape index (κ1) is 37.3. The predicted molar refractivity (Wildman–Crippen MR) is 187 cm³/mol. The summed E-state index contributed by atoms with van der Waals surface area (Å²) in [7, 11) is -0.446. The Bertz CT molecular complexity index is 1410. The number of nitrogens with zero attached hydrogens (tertiary/aromatic N) is 2. The van der Waals surface area contributed by atoms with Crippen molar-refractivity contribution in [2.45, 2.75) is 36.1 Å². The van der Waals surface area contributed by atoms with Gasteiger partial charge in [-0.1, -0.05) is 103 Å². The largest absolute Gasteiger partial charge is 0.479 e. The molecule has 234 valence electrons. The van der Waals surface area contributed by atoms with Gasteiger partial charge >= 0.3 is 5.97 Å². The normalized spacial score (nSPS) is 11.2. The van der Waals surface area contributed by atoms with Crippen LogP contribution in [0.1, 0.15) is 13.8 Å². The van der Waals surface area contributed by atoms with Crippen LogP contribution >= 0.6 is 31.4 Å². The molecule has 2 atom stereocenters. The van der Waals surface area contributed by atoms with E-state index in [2.05, 4.69) is 101 Å². The van der Waals surface area contributed by atoms with Crippen molar-refractivity contribution in [3.63, 3.8) is 0 Å². The number of thioether (sulfide) groups is 2. The van der Waals surface area contributed by atoms with Crippen molar-refractivity contribution in [3.8, 4) is 0 Å². The fraction of sp³-hybridized carbons (Fsp3) is 0.143. The van der Waals surface area contributed by atoms with Gasteiger partial charge in [0.25, 0.3) is 0 Å². The number of rotatable bonds is 7. The molecule has 7 nitrogen and oxygen atoms in total. The minimum atomic E-state index is -1.23. The van der Waals surface area contributed by atoms with Crippen LogP contribution in [-0.4, -0.2) is 54.8 Å². The van der Waals surface area contributed by atoms with Gasteiger partial charge in [0.1, 0.15) is 17.2 Å². The van der Waals surface area contributed by atoms with Gasteiger partial charge in [0.05, 0.1) is 5.03 Å². The minimum absolute atomic E-state index is 0.284. The number of aliphatic hydroxyl groups is 2. The van der Waals surface area contributed by atoms with Crippen molar-refractivity contribution < 1.29 is 24.9 Å². The molecule has 0 amide bonds. The topological polar surface area (TPSA) is 121 Å². The second-order valence-corrected chi connectivity index (χ2v) is 13.1. The number of carboxylic acids is 1. The van der Waals surface area contributed by atoms with Crippen molar-refractivity contribution >= 4 is 58.4 Å². The van der Waals surface area contributed by atoms with E-state index < -0.39 is 26.1 Å². The monoisotopic (exact) mass is 660 g/mol. The van der Waals surface area contributed by atoms with E-state index in [9.17, 15) is 9.59 Å². The SMILES string of the molecule is CSc1ccccn1.C[C@H](O)C(=O)O.C[C@H](O)C(=O)Sc1ccccn1.c1ccc(P(c2ccccc2)c2ccccc2)cc1. The van der Waals surface area contributed by atoms with Crippen molar-refractivity contribution in [2.75, 3.05) is 6.26 Å². The Balaban J connectivity index is 0.000000232. The Morgan fingerprint density at radius 2 is 0.956 bits per heavy atom. The molecular weight excluding hydrogens is 624 g/mol. The van der Waals surface area contributed by atoms with E-state index in [0.29, 0.717) is 5.03 Å². The number of hydrogen-bond acceptors (Lipinski definition) is 8. The third-order valence-corrected chi connectivity index (χ3v) is 9.53. The lowest BCUT2D eigenvalue weighted by Gasteiger charge is -2.18. The van der Waals surface area contributed by atoms with Crippen molar-refractivity contribution in [3.05, 3.63) is 140 Å². The summed E-state index contributed by atoms with van der Waals surface area (Å²) >= 11 is 2.61. The molecule has 2 heterocycles. The molecule has 0 aliphatic heterocycles. The van der Waals surface area contributed by atoms with Gasteiger partial charge in [-0.3, -0.25) is 4.79 Å². The van der Waals surface area contributed by atoms with E-state index in [4.69, 9.17) is 15.3 Å². The van der Waals surface area contributed by atoms with Crippen LogP contribution in [0, 0.1) is 0 Å². The summed E-state index contributed by atoms with van der Waals surface area (Å²) in [6, 6.07) is 43.5. The number of carbonyl (C=O) groups is 2. The Labute approximate surface area is 274 Å². The third-order valence-electron chi connectivity index (χ3n) is 5.43. The number of carboxylic acid groups (broad SMARTS) is 1. The summed E-state index contributed by atoms with van der Waals surface area (Å²) in [5.41, 5.74) is 0. The van der Waals surface area contributed by atoms with Crippen LogP contribution in [0.25, 0.3) is 0 Å². The molecule has 0 spiro atoms. The molecule has 0 unspecified atom stereocenters. The molecule has 5 rings (SSSR count). The second kappa shape index (κ2) is 21.8. The predicted octanol–water partition coefficient (Wildman–Crippen LogP) is 5.78. The van der Waals surface area contributed by atoms with Crippen LogP contribution in [-0.2, 0) is 9.59 Å². The van der Waals surface area contributed by atoms with E-state index >= 15 is 0 Å². The smallest absolute Gasteiger partial charge is 0.332 e. The van der Waals surface area contributed by atoms with Gasteiger partial charge < -0.3 is 15.3 Å². The van der Waals surface area contributed by atoms with E-state index in [0.717, 1.165) is 16.8 Å². The minimum Gasteiger partial charge on any atom is -0.479 e. The average molecular weight is 661 g/mol. The van der Waals surface area contributed by atoms with Gasteiger partial charge in [-0.15, -0.1) is 11.8 Å². The molecule has 10 heteroatoms. The zero-order valence-electron chi connectivity index (χ0n) is 25.3. The molecule has 3 N–H and O–H groups in total. The summed E-state index contributed by atoms with van der Waals surface area (Å²) in [5, 5.41) is 30.3. The van der Waals surface area contributed by atoms with Crippen LogP contribution in [0.4, 0.5) is 0 Å². The van der Waals surface area contributed by atoms with Crippen LogP contribution in [0.5, 0.6) is 0 Å². The summed E-state index contributed by atoms with van der Waals surface area (Å²) in [6.07, 6.45) is 3.26. The van der Waals surface area contributed by atoms with Crippen LogP contribution in [0.15, 0.2) is 150 Å². The lowest BCUT2D eigenvalue weighted by molar-refractivity contribution is -0.145. The molecule has 0 aliphatic carbocycles. The van der Waals surface area contributed by atoms with E-state index in [1.807, 2.05) is 24.5 Å². The number of pyridine rings is 2. The van der Waals surface area contributed by atoms with Gasteiger partial charge in [-0.2, -0.15) is 0 Å². The highest BCUT2D eigenvalue weighted by atomic mass is 32.2. The average Bonchev–Trinajstić information content (AvgIpc) is 3.08. The molecule has 0 radical (unpaired) electrons. The molecule has 45 heavy (non-hydrogen) atoms. The fourth-order valence-corrected chi connectivity index (χ4v) is 6.57. The maximum absolute atomic E-state index is 11.0. The zero-order valence-corrected chi connectivity index (χ0v) is 27.8. The van der Waals surface area contributed by atoms with Crippen molar-refractivity contribution in [1.82, 2.24) is 9.97 Å². The maximum Gasteiger partial charge on any atom is 0.332 e. The number of aliphatic hydroxyl groups excluding tert-OH is 2. The molecule has 0 fully saturated rings. The van der Waals surface area contributed by atoms with E-state index in [1.54, 1.807) is 42.4 Å². The molecule has 0 aliphatic rings. The molecule has 0 saturated heterocycles. The second-order valence-electron chi connectivity index (χ2n) is 8.99. The highest BCUT2D eigenvalue weighted by Gasteiger charge is 2.15. The first-order valence-corrected chi connectivity index (χ1v) is 17.2. The van der Waals surface area contributed by atoms with Gasteiger partial charge in [0, 0.05) is 12.4 Å². The Kier molecular flexibility index (Phi) is 18.1. The Morgan fingerprint density at radius 1 is 0.600 bits per heavy atom. The molecule has 2 aromatic heterocycles. The lowest BCUT2D eigenvalue weighted by Crippen LogP contribution is -2.20. The van der Waals surface area contributed by atoms with Gasteiger partial charge in [0.2, 0.25) is 5.12 Å². The van der Waals surface area contributed by atoms with Gasteiger partial charge in [0.15, 0.2) is 0 Å². The highest BCUT2D eigenvalue weighted by Crippen LogP contribution is 2.32. The van der Waals surface area contributed by atoms with Gasteiger partial charge in [-0.05, 0) is 80.0 Å². The van der Waals surface area contributed by atoms with E-state index in [-0.39, 0.29) is 5.12 Å². The zero-order chi connectivity index (χ0) is 32.9. The summed E-state index contributed by atoms with van der Waals surface area (Å²) in [4.78, 5) is 28.4. The van der Waals surface area contributed by atoms with Crippen LogP contribution in [0.2, 0.25) is 0 Å². The molecular formula is C35H37N2O5PS2. The molecule has 0 bridgehead atoms. The fourth-order valence-electron chi connectivity index (χ4n) is 3.24. The number of aromatic nitrogens is 2. The summed E-state index contributed by atoms with van der Waals surface area (Å²) in [5.74, 6) is -1.19. The maximum atomic E-state index is 11.0. The Hall–Kier alpha value is -3.85. The van der Waals surface area contributed by atoms with Crippen LogP contribution in [0.3, 0.4) is 0 Å². The number of benzene rings is 3. The van der Waals surface area contributed by atoms with E-state index in [1.165, 1.54) is 29.8 Å². The van der Waals surface area contributed by atoms with Crippen molar-refractivity contribution in [1.29, 1.82) is 0 Å². The highest BCUT2D eigenvalue weighted by molar-refractivity contribution is 8.13. The molecule has 3 aromatic carbocycles. The number of aliphatic carboxylic acids is 1. The lowest BCUT2D eigenvalue weighted by atomic mass is 10.4. The standard InChI is InChI=1S/C18H15P.C8H9NO2S.C6H7NS.C3H6O3/c1-4-10-16(11-5-1)19(17-12-6-2-7-13-17)18-14-8-3-9-15-18;1-6(10)8(11)12-7-4-2-3-5-9-7;1-8-6-4-2-3-5-7-6;1-2(4)3(5)6/h1-15H;2-6,10H,1H3;2-5H,1H3;2,4H,1H3,(H,5,6)/t;6-;;2-/m.0.0/s1. The number of carbonyl (C=O) groups excluding carboxylic acids is 1. The third kappa shape index (κ3) is 15.1. The van der Waals surface area contributed by atoms with Crippen LogP contribution < -0.4 is 15.9 Å². The summed E-state index contributed by atoms with van der Waals surface area (Å²) < 4.78 is 0. The number of hydrogen-bond donors (Lipinski definition) is 3. The first-order valence-electron chi connectivity index (χ1n) is 13.8. The quantitative estimate of drug-likeness (QED) is 0.147. The summed E-state index contributed by atoms with van der Waals surface area (Å²) in [6.45, 7) is 2.64. The Morgan fingerprint density at radius 3 is 1.22 bits per heavy atom. The van der Waals surface area contributed by atoms with Crippen molar-refractivity contribution in [2.24, 2.45) is 0 Å². The molecule has 5 aromatic rings. The van der Waals surface area contributed by atoms with Gasteiger partial charge in [-0.25, -0.2) is 14.8 Å².